The Hall–Kier alpha value is -3.10. The number of ether oxygens (including phenoxy) is 1. The van der Waals surface area contributed by atoms with Crippen molar-refractivity contribution in [3.63, 3.8) is 0 Å². The molecule has 0 radical (unpaired) electrons. The highest BCUT2D eigenvalue weighted by Gasteiger charge is 2.24. The first-order valence-corrected chi connectivity index (χ1v) is 12.1. The molecule has 0 spiro atoms. The van der Waals surface area contributed by atoms with Gasteiger partial charge in [-0.15, -0.1) is 0 Å². The second-order valence-corrected chi connectivity index (χ2v) is 9.14. The van der Waals surface area contributed by atoms with Crippen LogP contribution >= 0.6 is 11.8 Å². The van der Waals surface area contributed by atoms with Gasteiger partial charge in [0.25, 0.3) is 5.56 Å². The van der Waals surface area contributed by atoms with Gasteiger partial charge < -0.3 is 14.6 Å². The molecule has 8 heteroatoms. The number of hydrogen-bond acceptors (Lipinski definition) is 5. The minimum Gasteiger partial charge on any atom is -0.385 e. The Morgan fingerprint density at radius 3 is 2.79 bits per heavy atom. The number of thioether (sulfide) groups is 1. The Balaban J connectivity index is 1.35. The molecule has 33 heavy (non-hydrogen) atoms. The topological polar surface area (TPSA) is 80.2 Å². The van der Waals surface area contributed by atoms with Crippen LogP contribution < -0.4 is 5.56 Å². The molecule has 2 aromatic carbocycles. The molecular weight excluding hydrogens is 436 g/mol. The van der Waals surface area contributed by atoms with Gasteiger partial charge in [-0.1, -0.05) is 42.1 Å². The van der Waals surface area contributed by atoms with Crippen LogP contribution in [0.25, 0.3) is 21.8 Å². The average molecular weight is 463 g/mol. The molecule has 2 aromatic heterocycles. The zero-order valence-corrected chi connectivity index (χ0v) is 19.4. The molecule has 0 unspecified atom stereocenters. The fourth-order valence-electron chi connectivity index (χ4n) is 4.42. The van der Waals surface area contributed by atoms with Gasteiger partial charge in [0.2, 0.25) is 5.91 Å². The van der Waals surface area contributed by atoms with E-state index in [1.54, 1.807) is 17.7 Å². The second kappa shape index (κ2) is 9.41. The van der Waals surface area contributed by atoms with E-state index in [-0.39, 0.29) is 17.2 Å². The number of fused-ring (bicyclic) bond motifs is 4. The van der Waals surface area contributed by atoms with E-state index in [0.29, 0.717) is 48.7 Å². The predicted octanol–water partition coefficient (Wildman–Crippen LogP) is 3.59. The minimum absolute atomic E-state index is 0.0572. The molecule has 7 nitrogen and oxygen atoms in total. The minimum atomic E-state index is -0.0759. The first-order valence-electron chi connectivity index (χ1n) is 11.1. The van der Waals surface area contributed by atoms with E-state index in [4.69, 9.17) is 9.72 Å². The molecular formula is C25H26N4O3S. The number of amides is 1. The number of nitrogens with one attached hydrogen (secondary N) is 1. The van der Waals surface area contributed by atoms with Crippen molar-refractivity contribution in [3.8, 4) is 0 Å². The summed E-state index contributed by atoms with van der Waals surface area (Å²) in [5.41, 5.74) is 4.12. The maximum Gasteiger partial charge on any atom is 0.262 e. The summed E-state index contributed by atoms with van der Waals surface area (Å²) in [6.07, 6.45) is 1.52. The first-order chi connectivity index (χ1) is 16.2. The zero-order chi connectivity index (χ0) is 22.8. The highest BCUT2D eigenvalue weighted by molar-refractivity contribution is 7.99. The lowest BCUT2D eigenvalue weighted by molar-refractivity contribution is -0.129. The van der Waals surface area contributed by atoms with Crippen molar-refractivity contribution in [2.24, 2.45) is 0 Å². The summed E-state index contributed by atoms with van der Waals surface area (Å²) in [6.45, 7) is 2.35. The lowest BCUT2D eigenvalue weighted by Gasteiger charge is -2.27. The number of H-pyrrole nitrogens is 1. The van der Waals surface area contributed by atoms with E-state index in [9.17, 15) is 9.59 Å². The summed E-state index contributed by atoms with van der Waals surface area (Å²) >= 11 is 1.33. The molecule has 1 N–H and O–H groups in total. The normalized spacial score (nSPS) is 13.5. The first kappa shape index (κ1) is 21.7. The summed E-state index contributed by atoms with van der Waals surface area (Å²) in [7, 11) is 1.65. The van der Waals surface area contributed by atoms with Gasteiger partial charge in [0.1, 0.15) is 0 Å². The summed E-state index contributed by atoms with van der Waals surface area (Å²) in [4.78, 5) is 36.3. The smallest absolute Gasteiger partial charge is 0.262 e. The number of rotatable bonds is 7. The van der Waals surface area contributed by atoms with Gasteiger partial charge in [-0.25, -0.2) is 4.98 Å². The van der Waals surface area contributed by atoms with Gasteiger partial charge in [-0.2, -0.15) is 0 Å². The van der Waals surface area contributed by atoms with Crippen LogP contribution in [0.15, 0.2) is 58.5 Å². The summed E-state index contributed by atoms with van der Waals surface area (Å²) in [6, 6.07) is 15.6. The third-order valence-corrected chi connectivity index (χ3v) is 7.08. The molecule has 0 aliphatic carbocycles. The van der Waals surface area contributed by atoms with Crippen LogP contribution in [0.5, 0.6) is 0 Å². The lowest BCUT2D eigenvalue weighted by atomic mass is 10.0. The third-order valence-electron chi connectivity index (χ3n) is 6.12. The van der Waals surface area contributed by atoms with Crippen molar-refractivity contribution in [1.29, 1.82) is 0 Å². The molecule has 3 heterocycles. The predicted molar refractivity (Wildman–Crippen MR) is 131 cm³/mol. The van der Waals surface area contributed by atoms with Crippen molar-refractivity contribution in [2.75, 3.05) is 26.0 Å². The quantitative estimate of drug-likeness (QED) is 0.258. The number of hydrogen-bond donors (Lipinski definition) is 1. The van der Waals surface area contributed by atoms with Crippen molar-refractivity contribution in [3.05, 3.63) is 70.1 Å². The van der Waals surface area contributed by atoms with Crippen molar-refractivity contribution < 1.29 is 9.53 Å². The van der Waals surface area contributed by atoms with Gasteiger partial charge in [0.05, 0.1) is 16.7 Å². The molecule has 5 rings (SSSR count). The number of para-hydroxylation sites is 2. The molecule has 1 aliphatic rings. The van der Waals surface area contributed by atoms with E-state index >= 15 is 0 Å². The van der Waals surface area contributed by atoms with E-state index in [0.717, 1.165) is 11.9 Å². The van der Waals surface area contributed by atoms with Crippen LogP contribution in [0.4, 0.5) is 0 Å². The van der Waals surface area contributed by atoms with Gasteiger partial charge in [-0.3, -0.25) is 14.2 Å². The number of carbonyl (C=O) groups excluding carboxylic acids is 1. The van der Waals surface area contributed by atoms with Gasteiger partial charge in [0, 0.05) is 61.9 Å². The number of carbonyl (C=O) groups is 1. The molecule has 0 fully saturated rings. The van der Waals surface area contributed by atoms with Crippen LogP contribution in [0.3, 0.4) is 0 Å². The van der Waals surface area contributed by atoms with E-state index in [1.807, 2.05) is 35.2 Å². The number of benzene rings is 2. The maximum absolute atomic E-state index is 13.1. The SMILES string of the molecule is COCCCn1c(SCC(=O)N2CCc3[nH]c4ccccc4c3C2)nc2ccccc2c1=O. The van der Waals surface area contributed by atoms with Crippen LogP contribution in [0, 0.1) is 0 Å². The molecule has 0 saturated carbocycles. The zero-order valence-electron chi connectivity index (χ0n) is 18.5. The molecule has 0 atom stereocenters. The second-order valence-electron chi connectivity index (χ2n) is 8.20. The number of aromatic amines is 1. The van der Waals surface area contributed by atoms with Gasteiger partial charge in [-0.05, 0) is 24.6 Å². The summed E-state index contributed by atoms with van der Waals surface area (Å²) in [5, 5.41) is 2.35. The monoisotopic (exact) mass is 462 g/mol. The number of aromatic nitrogens is 3. The van der Waals surface area contributed by atoms with Crippen LogP contribution in [0.2, 0.25) is 0 Å². The Morgan fingerprint density at radius 1 is 1.15 bits per heavy atom. The lowest BCUT2D eigenvalue weighted by Crippen LogP contribution is -2.37. The van der Waals surface area contributed by atoms with E-state index < -0.39 is 0 Å². The number of methoxy groups -OCH3 is 1. The highest BCUT2D eigenvalue weighted by atomic mass is 32.2. The van der Waals surface area contributed by atoms with Crippen molar-refractivity contribution in [1.82, 2.24) is 19.4 Å². The standard InChI is InChI=1S/C25H26N4O3S/c1-32-14-6-12-29-24(31)18-8-3-5-10-21(18)27-25(29)33-16-23(30)28-13-11-22-19(15-28)17-7-2-4-9-20(17)26-22/h2-5,7-10,26H,6,11-16H2,1H3. The Morgan fingerprint density at radius 2 is 1.94 bits per heavy atom. The number of nitrogens with zero attached hydrogens (tertiary/aromatic N) is 3. The van der Waals surface area contributed by atoms with Crippen LogP contribution in [-0.4, -0.2) is 51.4 Å². The average Bonchev–Trinajstić information content (AvgIpc) is 3.22. The van der Waals surface area contributed by atoms with Crippen molar-refractivity contribution >= 4 is 39.5 Å². The maximum atomic E-state index is 13.1. The third kappa shape index (κ3) is 4.28. The molecule has 0 saturated heterocycles. The molecule has 170 valence electrons. The van der Waals surface area contributed by atoms with Crippen LogP contribution in [0.1, 0.15) is 17.7 Å². The van der Waals surface area contributed by atoms with Gasteiger partial charge in [0.15, 0.2) is 5.16 Å². The fourth-order valence-corrected chi connectivity index (χ4v) is 5.35. The molecule has 1 amide bonds. The summed E-state index contributed by atoms with van der Waals surface area (Å²) < 4.78 is 6.83. The highest BCUT2D eigenvalue weighted by Crippen LogP contribution is 2.28. The van der Waals surface area contributed by atoms with Crippen LogP contribution in [-0.2, 0) is 29.0 Å². The Kier molecular flexibility index (Phi) is 6.20. The van der Waals surface area contributed by atoms with Crippen molar-refractivity contribution in [2.45, 2.75) is 31.1 Å². The molecule has 4 aromatic rings. The van der Waals surface area contributed by atoms with E-state index in [2.05, 4.69) is 17.1 Å². The summed E-state index contributed by atoms with van der Waals surface area (Å²) in [5.74, 6) is 0.300. The van der Waals surface area contributed by atoms with Gasteiger partial charge >= 0.3 is 0 Å². The van der Waals surface area contributed by atoms with E-state index in [1.165, 1.54) is 28.4 Å². The fraction of sp³-hybridized carbons (Fsp3) is 0.320. The largest absolute Gasteiger partial charge is 0.385 e. The molecule has 0 bridgehead atoms. The Labute approximate surface area is 195 Å². The Bertz CT molecular complexity index is 1380. The molecule has 1 aliphatic heterocycles.